The van der Waals surface area contributed by atoms with Gasteiger partial charge in [-0.3, -0.25) is 0 Å². The first kappa shape index (κ1) is 35.2. The lowest BCUT2D eigenvalue weighted by Gasteiger charge is -2.29. The van der Waals surface area contributed by atoms with E-state index < -0.39 is 0 Å². The van der Waals surface area contributed by atoms with E-state index >= 15 is 0 Å². The Kier molecular flexibility index (Phi) is 8.87. The molecule has 0 saturated carbocycles. The van der Waals surface area contributed by atoms with E-state index in [1.165, 1.54) is 38.6 Å². The minimum Gasteiger partial charge on any atom is -0.455 e. The number of rotatable bonds is 8. The zero-order valence-corrected chi connectivity index (χ0v) is 32.9. The minimum atomic E-state index is 0.893. The van der Waals surface area contributed by atoms with E-state index in [9.17, 15) is 0 Å². The van der Waals surface area contributed by atoms with Crippen LogP contribution in [0.2, 0.25) is 0 Å². The van der Waals surface area contributed by atoms with Gasteiger partial charge in [-0.15, -0.1) is 0 Å². The molecule has 282 valence electrons. The fraction of sp³-hybridized carbons (Fsp3) is 0. The van der Waals surface area contributed by atoms with Crippen LogP contribution in [0.3, 0.4) is 0 Å². The van der Waals surface area contributed by atoms with Crippen molar-refractivity contribution in [1.82, 2.24) is 0 Å². The van der Waals surface area contributed by atoms with Crippen LogP contribution in [0.25, 0.3) is 88.3 Å². The normalized spacial score (nSPS) is 11.3. The van der Waals surface area contributed by atoms with Crippen molar-refractivity contribution in [3.05, 3.63) is 237 Å². The first-order valence-electron chi connectivity index (χ1n) is 20.5. The number of hydrogen-bond donors (Lipinski definition) is 0. The molecule has 0 aliphatic heterocycles. The molecule has 0 radical (unpaired) electrons. The molecule has 2 nitrogen and oxygen atoms in total. The third-order valence-corrected chi connectivity index (χ3v) is 11.7. The Morgan fingerprint density at radius 2 is 0.800 bits per heavy atom. The summed E-state index contributed by atoms with van der Waals surface area (Å²) in [7, 11) is 0. The van der Waals surface area contributed by atoms with Gasteiger partial charge < -0.3 is 9.32 Å². The van der Waals surface area contributed by atoms with E-state index in [4.69, 9.17) is 4.42 Å². The summed E-state index contributed by atoms with van der Waals surface area (Å²) in [6.45, 7) is 0. The van der Waals surface area contributed by atoms with Crippen molar-refractivity contribution in [1.29, 1.82) is 0 Å². The fourth-order valence-corrected chi connectivity index (χ4v) is 8.84. The quantitative estimate of drug-likeness (QED) is 0.153. The third kappa shape index (κ3) is 6.32. The first-order valence-corrected chi connectivity index (χ1v) is 20.5. The molecule has 0 aliphatic carbocycles. The first-order chi connectivity index (χ1) is 29.8. The van der Waals surface area contributed by atoms with Gasteiger partial charge in [0.25, 0.3) is 0 Å². The van der Waals surface area contributed by atoms with E-state index in [0.717, 1.165) is 66.8 Å². The van der Waals surface area contributed by atoms with E-state index in [-0.39, 0.29) is 0 Å². The van der Waals surface area contributed by atoms with Gasteiger partial charge in [-0.2, -0.15) is 0 Å². The van der Waals surface area contributed by atoms with Gasteiger partial charge in [0.15, 0.2) is 0 Å². The van der Waals surface area contributed by atoms with Gasteiger partial charge in [-0.05, 0) is 97.7 Å². The number of nitrogens with zero attached hydrogens (tertiary/aromatic N) is 1. The summed E-state index contributed by atoms with van der Waals surface area (Å²) in [5.41, 5.74) is 16.5. The van der Waals surface area contributed by atoms with Crippen molar-refractivity contribution in [2.75, 3.05) is 4.90 Å². The van der Waals surface area contributed by atoms with Gasteiger partial charge in [-0.1, -0.05) is 194 Å². The van der Waals surface area contributed by atoms with Crippen molar-refractivity contribution in [2.45, 2.75) is 0 Å². The Hall–Kier alpha value is -7.94. The maximum Gasteiger partial charge on any atom is 0.143 e. The molecule has 1 aromatic heterocycles. The molecular weight excluding hydrogens is 727 g/mol. The Bertz CT molecular complexity index is 3340. The molecular formula is C58H39NO. The Balaban J connectivity index is 1.12. The van der Waals surface area contributed by atoms with Gasteiger partial charge in [0, 0.05) is 33.3 Å². The molecule has 0 atom stereocenters. The topological polar surface area (TPSA) is 16.4 Å². The van der Waals surface area contributed by atoms with Gasteiger partial charge in [-0.25, -0.2) is 0 Å². The second-order valence-electron chi connectivity index (χ2n) is 15.3. The second-order valence-corrected chi connectivity index (χ2v) is 15.3. The van der Waals surface area contributed by atoms with E-state index in [0.29, 0.717) is 0 Å². The molecule has 0 N–H and O–H groups in total. The maximum atomic E-state index is 6.56. The van der Waals surface area contributed by atoms with E-state index in [2.05, 4.69) is 229 Å². The van der Waals surface area contributed by atoms with Crippen LogP contribution in [0.15, 0.2) is 241 Å². The molecule has 1 heterocycles. The highest BCUT2D eigenvalue weighted by Crippen LogP contribution is 2.47. The lowest BCUT2D eigenvalue weighted by atomic mass is 9.88. The molecule has 0 spiro atoms. The van der Waals surface area contributed by atoms with Crippen LogP contribution in [0.4, 0.5) is 17.1 Å². The smallest absolute Gasteiger partial charge is 0.143 e. The SMILES string of the molecule is c1ccc(-c2ccccc2-c2ccccc2-c2ccccc2N(c2cccc(-c3ccc4ccccc4c3)c2)c2cccc(-c3cccc4c3oc3ccccc34)c2)cc1. The standard InChI is InChI=1S/C58H39NO/c1-2-18-41(19-3-1)48-25-6-7-26-50(48)51-27-8-9-28-52(51)53-29-10-12-33-56(53)59(46-23-14-21-43(38-46)44-36-35-40-17-4-5-20-42(40)37-44)47-24-15-22-45(39-47)49-31-16-32-55-54-30-11-13-34-57(54)60-58(49)55/h1-39H. The number of para-hydroxylation sites is 3. The number of fused-ring (bicyclic) bond motifs is 4. The lowest BCUT2D eigenvalue weighted by molar-refractivity contribution is 0.670. The minimum absolute atomic E-state index is 0.893. The van der Waals surface area contributed by atoms with Crippen LogP contribution in [-0.2, 0) is 0 Å². The summed E-state index contributed by atoms with van der Waals surface area (Å²) in [5, 5.41) is 4.70. The summed E-state index contributed by atoms with van der Waals surface area (Å²) in [6, 6.07) is 85.0. The van der Waals surface area contributed by atoms with Crippen LogP contribution >= 0.6 is 0 Å². The highest BCUT2D eigenvalue weighted by atomic mass is 16.3. The summed E-state index contributed by atoms with van der Waals surface area (Å²) in [5.74, 6) is 0. The highest BCUT2D eigenvalue weighted by molar-refractivity contribution is 6.10. The molecule has 0 bridgehead atoms. The fourth-order valence-electron chi connectivity index (χ4n) is 8.84. The van der Waals surface area contributed by atoms with Gasteiger partial charge in [0.2, 0.25) is 0 Å². The van der Waals surface area contributed by atoms with Crippen molar-refractivity contribution in [2.24, 2.45) is 0 Å². The third-order valence-electron chi connectivity index (χ3n) is 11.7. The average Bonchev–Trinajstić information content (AvgIpc) is 3.71. The Labute approximate surface area is 349 Å². The molecule has 2 heteroatoms. The monoisotopic (exact) mass is 765 g/mol. The predicted molar refractivity (Wildman–Crippen MR) is 253 cm³/mol. The highest BCUT2D eigenvalue weighted by Gasteiger charge is 2.22. The van der Waals surface area contributed by atoms with Crippen LogP contribution < -0.4 is 4.90 Å². The van der Waals surface area contributed by atoms with Gasteiger partial charge in [0.1, 0.15) is 11.2 Å². The van der Waals surface area contributed by atoms with Crippen molar-refractivity contribution < 1.29 is 4.42 Å². The zero-order chi connectivity index (χ0) is 39.8. The van der Waals surface area contributed by atoms with Crippen molar-refractivity contribution in [3.8, 4) is 55.6 Å². The molecule has 0 fully saturated rings. The molecule has 10 aromatic carbocycles. The second kappa shape index (κ2) is 15.1. The number of furan rings is 1. The number of benzene rings is 10. The summed E-state index contributed by atoms with van der Waals surface area (Å²) < 4.78 is 6.56. The summed E-state index contributed by atoms with van der Waals surface area (Å²) in [6.07, 6.45) is 0. The van der Waals surface area contributed by atoms with Crippen molar-refractivity contribution in [3.63, 3.8) is 0 Å². The molecule has 11 rings (SSSR count). The van der Waals surface area contributed by atoms with E-state index in [1.807, 2.05) is 12.1 Å². The molecule has 11 aromatic rings. The van der Waals surface area contributed by atoms with Gasteiger partial charge >= 0.3 is 0 Å². The van der Waals surface area contributed by atoms with Crippen LogP contribution in [0, 0.1) is 0 Å². The number of anilines is 3. The van der Waals surface area contributed by atoms with E-state index in [1.54, 1.807) is 0 Å². The Morgan fingerprint density at radius 1 is 0.283 bits per heavy atom. The molecule has 0 unspecified atom stereocenters. The molecule has 60 heavy (non-hydrogen) atoms. The summed E-state index contributed by atoms with van der Waals surface area (Å²) in [4.78, 5) is 2.42. The largest absolute Gasteiger partial charge is 0.455 e. The van der Waals surface area contributed by atoms with Crippen LogP contribution in [0.5, 0.6) is 0 Å². The lowest BCUT2D eigenvalue weighted by Crippen LogP contribution is -2.11. The predicted octanol–water partition coefficient (Wildman–Crippen LogP) is 16.5. The summed E-state index contributed by atoms with van der Waals surface area (Å²) >= 11 is 0. The molecule has 0 amide bonds. The Morgan fingerprint density at radius 3 is 1.60 bits per heavy atom. The van der Waals surface area contributed by atoms with Crippen molar-refractivity contribution >= 4 is 49.8 Å². The maximum absolute atomic E-state index is 6.56. The zero-order valence-electron chi connectivity index (χ0n) is 32.9. The number of hydrogen-bond acceptors (Lipinski definition) is 2. The average molecular weight is 766 g/mol. The molecule has 0 saturated heterocycles. The van der Waals surface area contributed by atoms with Crippen LogP contribution in [0.1, 0.15) is 0 Å². The van der Waals surface area contributed by atoms with Gasteiger partial charge in [0.05, 0.1) is 5.69 Å². The molecule has 0 aliphatic rings. The van der Waals surface area contributed by atoms with Crippen LogP contribution in [-0.4, -0.2) is 0 Å².